The van der Waals surface area contributed by atoms with Gasteiger partial charge in [-0.2, -0.15) is 11.8 Å². The third kappa shape index (κ3) is 4.30. The molecule has 1 unspecified atom stereocenters. The van der Waals surface area contributed by atoms with Crippen LogP contribution in [0, 0.1) is 11.8 Å². The lowest BCUT2D eigenvalue weighted by Gasteiger charge is -2.31. The highest BCUT2D eigenvalue weighted by Crippen LogP contribution is 2.22. The van der Waals surface area contributed by atoms with Gasteiger partial charge in [0, 0.05) is 19.6 Å². The molecule has 0 bridgehead atoms. The second-order valence-electron chi connectivity index (χ2n) is 5.37. The van der Waals surface area contributed by atoms with Gasteiger partial charge in [0.2, 0.25) is 0 Å². The highest BCUT2D eigenvalue weighted by molar-refractivity contribution is 7.99. The zero-order valence-corrected chi connectivity index (χ0v) is 12.0. The van der Waals surface area contributed by atoms with Crippen molar-refractivity contribution in [2.45, 2.75) is 25.7 Å². The Morgan fingerprint density at radius 1 is 1.26 bits per heavy atom. The largest absolute Gasteiger partial charge is 0.481 e. The lowest BCUT2D eigenvalue weighted by Crippen LogP contribution is -2.48. The predicted molar refractivity (Wildman–Crippen MR) is 75.4 cm³/mol. The molecule has 0 spiro atoms. The average Bonchev–Trinajstić information content (AvgIpc) is 2.46. The van der Waals surface area contributed by atoms with Crippen LogP contribution in [-0.4, -0.2) is 53.1 Å². The van der Waals surface area contributed by atoms with Gasteiger partial charge in [-0.15, -0.1) is 0 Å². The van der Waals surface area contributed by atoms with Crippen LogP contribution < -0.4 is 5.32 Å². The van der Waals surface area contributed by atoms with E-state index < -0.39 is 11.9 Å². The number of nitrogens with zero attached hydrogens (tertiary/aromatic N) is 1. The molecule has 5 nitrogen and oxygen atoms in total. The molecule has 0 aromatic carbocycles. The van der Waals surface area contributed by atoms with E-state index in [1.807, 2.05) is 11.8 Å². The number of hydrogen-bond donors (Lipinski definition) is 2. The van der Waals surface area contributed by atoms with E-state index in [9.17, 15) is 9.59 Å². The number of piperidine rings is 1. The van der Waals surface area contributed by atoms with Crippen LogP contribution in [0.5, 0.6) is 0 Å². The molecule has 2 fully saturated rings. The third-order valence-electron chi connectivity index (χ3n) is 3.94. The van der Waals surface area contributed by atoms with E-state index in [4.69, 9.17) is 5.11 Å². The molecule has 108 valence electrons. The molecule has 6 heteroatoms. The van der Waals surface area contributed by atoms with Gasteiger partial charge in [-0.3, -0.25) is 4.79 Å². The molecule has 19 heavy (non-hydrogen) atoms. The Labute approximate surface area is 118 Å². The van der Waals surface area contributed by atoms with Crippen LogP contribution in [0.3, 0.4) is 0 Å². The van der Waals surface area contributed by atoms with E-state index in [1.165, 1.54) is 24.3 Å². The summed E-state index contributed by atoms with van der Waals surface area (Å²) < 4.78 is 0. The number of urea groups is 1. The minimum absolute atomic E-state index is 0.0934. The van der Waals surface area contributed by atoms with Crippen molar-refractivity contribution in [1.29, 1.82) is 0 Å². The average molecular weight is 286 g/mol. The fraction of sp³-hybridized carbons (Fsp3) is 0.846. The number of carboxylic acids is 1. The van der Waals surface area contributed by atoms with E-state index >= 15 is 0 Å². The zero-order valence-electron chi connectivity index (χ0n) is 11.1. The van der Waals surface area contributed by atoms with E-state index in [2.05, 4.69) is 5.32 Å². The van der Waals surface area contributed by atoms with Crippen LogP contribution in [0.15, 0.2) is 0 Å². The highest BCUT2D eigenvalue weighted by Gasteiger charge is 2.28. The van der Waals surface area contributed by atoms with Crippen molar-refractivity contribution < 1.29 is 14.7 Å². The number of carbonyl (C=O) groups is 2. The fourth-order valence-electron chi connectivity index (χ4n) is 2.66. The molecule has 2 saturated heterocycles. The summed E-state index contributed by atoms with van der Waals surface area (Å²) in [5, 5.41) is 12.0. The third-order valence-corrected chi connectivity index (χ3v) is 4.99. The van der Waals surface area contributed by atoms with Gasteiger partial charge in [-0.1, -0.05) is 0 Å². The van der Waals surface area contributed by atoms with Gasteiger partial charge < -0.3 is 15.3 Å². The van der Waals surface area contributed by atoms with Crippen molar-refractivity contribution in [2.24, 2.45) is 11.8 Å². The number of carbonyl (C=O) groups excluding carboxylic acids is 1. The van der Waals surface area contributed by atoms with E-state index in [1.54, 1.807) is 4.90 Å². The first-order valence-corrected chi connectivity index (χ1v) is 8.15. The van der Waals surface area contributed by atoms with Crippen LogP contribution in [-0.2, 0) is 4.79 Å². The van der Waals surface area contributed by atoms with Crippen molar-refractivity contribution >= 4 is 23.8 Å². The van der Waals surface area contributed by atoms with Crippen molar-refractivity contribution in [1.82, 2.24) is 10.2 Å². The molecular weight excluding hydrogens is 264 g/mol. The summed E-state index contributed by atoms with van der Waals surface area (Å²) in [6, 6.07) is -0.0934. The molecule has 0 saturated carbocycles. The molecule has 0 aromatic rings. The summed E-state index contributed by atoms with van der Waals surface area (Å²) in [7, 11) is 0. The highest BCUT2D eigenvalue weighted by atomic mass is 32.2. The lowest BCUT2D eigenvalue weighted by atomic mass is 9.98. The first kappa shape index (κ1) is 14.5. The van der Waals surface area contributed by atoms with Crippen molar-refractivity contribution in [2.75, 3.05) is 31.1 Å². The standard InChI is InChI=1S/C13H22N2O3S/c16-12(17)11-2-1-5-15(9-11)13(18)14-8-10-3-6-19-7-4-10/h10-11H,1-9H2,(H,14,18)(H,16,17). The number of thioether (sulfide) groups is 1. The molecule has 2 rings (SSSR count). The minimum atomic E-state index is -0.790. The van der Waals surface area contributed by atoms with Crippen LogP contribution in [0.1, 0.15) is 25.7 Å². The Balaban J connectivity index is 1.74. The monoisotopic (exact) mass is 286 g/mol. The Bertz CT molecular complexity index is 332. The summed E-state index contributed by atoms with van der Waals surface area (Å²) in [6.07, 6.45) is 3.80. The number of aliphatic carboxylic acids is 1. The maximum absolute atomic E-state index is 12.0. The SMILES string of the molecule is O=C(O)C1CCCN(C(=O)NCC2CCSCC2)C1. The van der Waals surface area contributed by atoms with Gasteiger partial charge in [0.05, 0.1) is 5.92 Å². The molecule has 2 amide bonds. The molecule has 0 radical (unpaired) electrons. The second kappa shape index (κ2) is 7.03. The van der Waals surface area contributed by atoms with E-state index in [0.29, 0.717) is 25.4 Å². The maximum Gasteiger partial charge on any atom is 0.317 e. The quantitative estimate of drug-likeness (QED) is 0.827. The first-order valence-electron chi connectivity index (χ1n) is 7.00. The number of hydrogen-bond acceptors (Lipinski definition) is 3. The van der Waals surface area contributed by atoms with Crippen LogP contribution in [0.4, 0.5) is 4.79 Å². The van der Waals surface area contributed by atoms with Crippen LogP contribution >= 0.6 is 11.8 Å². The summed E-state index contributed by atoms with van der Waals surface area (Å²) >= 11 is 1.98. The smallest absolute Gasteiger partial charge is 0.317 e. The first-order chi connectivity index (χ1) is 9.16. The zero-order chi connectivity index (χ0) is 13.7. The van der Waals surface area contributed by atoms with Crippen molar-refractivity contribution in [3.63, 3.8) is 0 Å². The van der Waals surface area contributed by atoms with E-state index in [-0.39, 0.29) is 6.03 Å². The Morgan fingerprint density at radius 3 is 2.68 bits per heavy atom. The number of nitrogens with one attached hydrogen (secondary N) is 1. The molecule has 2 aliphatic heterocycles. The number of likely N-dealkylation sites (tertiary alicyclic amines) is 1. The number of carboxylic acid groups (broad SMARTS) is 1. The van der Waals surface area contributed by atoms with Gasteiger partial charge in [0.1, 0.15) is 0 Å². The molecule has 2 N–H and O–H groups in total. The summed E-state index contributed by atoms with van der Waals surface area (Å²) in [4.78, 5) is 24.6. The fourth-order valence-corrected chi connectivity index (χ4v) is 3.86. The lowest BCUT2D eigenvalue weighted by molar-refractivity contribution is -0.143. The minimum Gasteiger partial charge on any atom is -0.481 e. The van der Waals surface area contributed by atoms with Crippen molar-refractivity contribution in [3.8, 4) is 0 Å². The number of rotatable bonds is 3. The summed E-state index contributed by atoms with van der Waals surface area (Å²) in [5.41, 5.74) is 0. The molecule has 1 atom stereocenters. The molecule has 0 aliphatic carbocycles. The van der Waals surface area contributed by atoms with Crippen LogP contribution in [0.25, 0.3) is 0 Å². The Hall–Kier alpha value is -0.910. The van der Waals surface area contributed by atoms with Crippen LogP contribution in [0.2, 0.25) is 0 Å². The Kier molecular flexibility index (Phi) is 5.36. The summed E-state index contributed by atoms with van der Waals surface area (Å²) in [6.45, 7) is 1.76. The second-order valence-corrected chi connectivity index (χ2v) is 6.59. The topological polar surface area (TPSA) is 69.6 Å². The molecular formula is C13H22N2O3S. The van der Waals surface area contributed by atoms with E-state index in [0.717, 1.165) is 13.0 Å². The van der Waals surface area contributed by atoms with Crippen molar-refractivity contribution in [3.05, 3.63) is 0 Å². The molecule has 2 heterocycles. The number of amides is 2. The molecule has 0 aromatic heterocycles. The summed E-state index contributed by atoms with van der Waals surface area (Å²) in [5.74, 6) is 1.77. The van der Waals surface area contributed by atoms with Gasteiger partial charge in [-0.05, 0) is 43.1 Å². The molecule has 2 aliphatic rings. The predicted octanol–water partition coefficient (Wildman–Crippen LogP) is 1.64. The maximum atomic E-state index is 12.0. The van der Waals surface area contributed by atoms with Gasteiger partial charge in [0.25, 0.3) is 0 Å². The van der Waals surface area contributed by atoms with Gasteiger partial charge in [-0.25, -0.2) is 4.79 Å². The normalized spacial score (nSPS) is 25.1. The van der Waals surface area contributed by atoms with Gasteiger partial charge >= 0.3 is 12.0 Å². The van der Waals surface area contributed by atoms with Gasteiger partial charge in [0.15, 0.2) is 0 Å². The Morgan fingerprint density at radius 2 is 2.00 bits per heavy atom.